The maximum atomic E-state index is 12.1. The number of phosphoric acid groups is 1. The summed E-state index contributed by atoms with van der Waals surface area (Å²) >= 11 is 0. The molecule has 0 radical (unpaired) electrons. The summed E-state index contributed by atoms with van der Waals surface area (Å²) in [7, 11) is -14.0. The molecule has 1 heterocycles. The van der Waals surface area contributed by atoms with Gasteiger partial charge in [0.15, 0.2) is 0 Å². The lowest BCUT2D eigenvalue weighted by atomic mass is 10.9. The average molecular weight is 384 g/mol. The molecule has 7 nitrogen and oxygen atoms in total. The molecule has 1 aromatic heterocycles. The highest BCUT2D eigenvalue weighted by Crippen LogP contribution is 2.46. The Hall–Kier alpha value is 0.0600. The Bertz CT molecular complexity index is 473. The van der Waals surface area contributed by atoms with Crippen molar-refractivity contribution in [2.45, 2.75) is 13.8 Å². The molecular formula is C4H11F5N3O4P4+. The molecule has 0 amide bonds. The Morgan fingerprint density at radius 3 is 2.15 bits per heavy atom. The third kappa shape index (κ3) is 6.68. The predicted octanol–water partition coefficient (Wildman–Crippen LogP) is 4.87. The minimum absolute atomic E-state index is 0.188. The zero-order chi connectivity index (χ0) is 15.9. The van der Waals surface area contributed by atoms with Gasteiger partial charge in [-0.05, 0) is 13.8 Å². The van der Waals surface area contributed by atoms with E-state index in [0.717, 1.165) is 0 Å². The third-order valence-corrected chi connectivity index (χ3v) is 6.49. The monoisotopic (exact) mass is 384 g/mol. The highest BCUT2D eigenvalue weighted by atomic mass is 31.2. The van der Waals surface area contributed by atoms with Crippen molar-refractivity contribution in [1.29, 1.82) is 0 Å². The van der Waals surface area contributed by atoms with E-state index < -0.39 is 40.9 Å². The van der Waals surface area contributed by atoms with Gasteiger partial charge >= 0.3 is 32.3 Å². The first-order valence-electron chi connectivity index (χ1n) is 4.78. The van der Waals surface area contributed by atoms with Crippen molar-refractivity contribution in [1.82, 2.24) is 13.1 Å². The van der Waals surface area contributed by atoms with Gasteiger partial charge in [-0.1, -0.05) is 21.6 Å². The van der Waals surface area contributed by atoms with Crippen LogP contribution in [0.3, 0.4) is 0 Å². The third-order valence-electron chi connectivity index (χ3n) is 1.28. The van der Waals surface area contributed by atoms with Crippen LogP contribution in [0.4, 0.5) is 21.6 Å². The Balaban J connectivity index is 0.000000370. The summed E-state index contributed by atoms with van der Waals surface area (Å²) in [5.41, 5.74) is 0. The van der Waals surface area contributed by atoms with E-state index in [2.05, 4.69) is 13.6 Å². The second kappa shape index (κ2) is 9.15. The number of halogens is 5. The lowest BCUT2D eigenvalue weighted by molar-refractivity contribution is 0.161. The Kier molecular flexibility index (Phi) is 9.18. The van der Waals surface area contributed by atoms with E-state index in [1.54, 1.807) is 13.8 Å². The molecule has 0 aliphatic heterocycles. The summed E-state index contributed by atoms with van der Waals surface area (Å²) < 4.78 is 79.8. The molecule has 0 saturated carbocycles. The van der Waals surface area contributed by atoms with Crippen LogP contribution in [0.1, 0.15) is 13.8 Å². The summed E-state index contributed by atoms with van der Waals surface area (Å²) in [4.78, 5) is 8.63. The van der Waals surface area contributed by atoms with Crippen LogP contribution in [0.25, 0.3) is 0 Å². The highest BCUT2D eigenvalue weighted by Gasteiger charge is 2.25. The van der Waals surface area contributed by atoms with Crippen LogP contribution in [0.5, 0.6) is 0 Å². The minimum atomic E-state index is -3.69. The van der Waals surface area contributed by atoms with Crippen molar-refractivity contribution in [2.75, 3.05) is 13.2 Å². The van der Waals surface area contributed by atoms with Crippen LogP contribution in [-0.4, -0.2) is 31.2 Å². The molecule has 20 heavy (non-hydrogen) atoms. The van der Waals surface area contributed by atoms with Crippen LogP contribution >= 0.6 is 32.3 Å². The van der Waals surface area contributed by atoms with Crippen LogP contribution in [0, 0.1) is 0 Å². The summed E-state index contributed by atoms with van der Waals surface area (Å²) in [5, 5.41) is 0. The number of phosphoric ester groups is 1. The summed E-state index contributed by atoms with van der Waals surface area (Å²) in [6.45, 7) is 3.63. The maximum Gasteiger partial charge on any atom is 0.472 e. The fraction of sp³-hybridized carbons (Fsp3) is 1.00. The average Bonchev–Trinajstić information content (AvgIpc) is 2.34. The van der Waals surface area contributed by atoms with Crippen LogP contribution < -0.4 is 0 Å². The quantitative estimate of drug-likeness (QED) is 0.592. The van der Waals surface area contributed by atoms with Gasteiger partial charge in [-0.25, -0.2) is 4.57 Å². The molecule has 0 spiro atoms. The first-order chi connectivity index (χ1) is 9.16. The van der Waals surface area contributed by atoms with E-state index in [-0.39, 0.29) is 13.2 Å². The molecule has 0 aliphatic rings. The molecule has 0 bridgehead atoms. The summed E-state index contributed by atoms with van der Waals surface area (Å²) in [6, 6.07) is 0. The topological polar surface area (TPSA) is 78.5 Å². The zero-order valence-corrected chi connectivity index (χ0v) is 13.7. The molecule has 0 fully saturated rings. The summed E-state index contributed by atoms with van der Waals surface area (Å²) in [5.74, 6) is 0. The number of aromatic nitrogens is 3. The highest BCUT2D eigenvalue weighted by molar-refractivity contribution is 7.58. The van der Waals surface area contributed by atoms with Crippen molar-refractivity contribution < 1.29 is 40.1 Å². The molecular weight excluding hydrogens is 373 g/mol. The predicted molar refractivity (Wildman–Crippen MR) is 66.0 cm³/mol. The lowest BCUT2D eigenvalue weighted by Crippen LogP contribution is -1.93. The van der Waals surface area contributed by atoms with Gasteiger partial charge in [0.05, 0.1) is 13.2 Å². The van der Waals surface area contributed by atoms with Gasteiger partial charge in [-0.3, -0.25) is 9.05 Å². The van der Waals surface area contributed by atoms with E-state index in [4.69, 9.17) is 4.89 Å². The van der Waals surface area contributed by atoms with Gasteiger partial charge in [-0.15, -0.1) is 0 Å². The Labute approximate surface area is 113 Å². The van der Waals surface area contributed by atoms with Gasteiger partial charge in [-0.2, -0.15) is 0 Å². The van der Waals surface area contributed by atoms with Crippen molar-refractivity contribution >= 4 is 32.3 Å². The fourth-order valence-corrected chi connectivity index (χ4v) is 4.77. The van der Waals surface area contributed by atoms with E-state index in [1.807, 2.05) is 0 Å². The van der Waals surface area contributed by atoms with Crippen molar-refractivity contribution in [3.05, 3.63) is 0 Å². The maximum absolute atomic E-state index is 12.1. The molecule has 120 valence electrons. The van der Waals surface area contributed by atoms with Crippen LogP contribution in [-0.2, 0) is 13.6 Å². The number of nitrogens with zero attached hydrogens (tertiary/aromatic N) is 3. The number of hydrogen-bond donors (Lipinski definition) is 1. The van der Waals surface area contributed by atoms with Gasteiger partial charge in [0.2, 0.25) is 0 Å². The first-order valence-corrected chi connectivity index (χ1v) is 9.69. The standard InChI is InChI=1S/C4H11O4P.F5N3P3/c1-3-7-9(5,6)8-4-2;1-7-9(3)6-10(4)8(2)11(7)5/h3-4H2,1-2H3,(H,5,6);/q;+1. The number of hydrogen-bond acceptors (Lipinski definition) is 4. The minimum Gasteiger partial charge on any atom is -0.302 e. The molecule has 2 atom stereocenters. The number of rotatable bonds is 4. The van der Waals surface area contributed by atoms with Crippen LogP contribution in [0.2, 0.25) is 0 Å². The van der Waals surface area contributed by atoms with Gasteiger partial charge in [0.25, 0.3) is 0 Å². The largest absolute Gasteiger partial charge is 0.472 e. The molecule has 0 saturated heterocycles. The zero-order valence-electron chi connectivity index (χ0n) is 10.1. The van der Waals surface area contributed by atoms with Gasteiger partial charge in [0, 0.05) is 13.1 Å². The summed E-state index contributed by atoms with van der Waals surface area (Å²) in [6.07, 6.45) is 0. The molecule has 0 aromatic carbocycles. The van der Waals surface area contributed by atoms with E-state index in [1.165, 1.54) is 0 Å². The lowest BCUT2D eigenvalue weighted by Gasteiger charge is -2.07. The van der Waals surface area contributed by atoms with Gasteiger partial charge < -0.3 is 4.89 Å². The second-order valence-electron chi connectivity index (χ2n) is 2.60. The van der Waals surface area contributed by atoms with E-state index in [9.17, 15) is 26.1 Å². The molecule has 1 aromatic rings. The molecule has 2 unspecified atom stereocenters. The SMILES string of the molecule is CCOP(=O)(O)OCC.Fn1p(F)n[p+](F)n(F)p1F. The van der Waals surface area contributed by atoms with Crippen LogP contribution in [0.15, 0.2) is 0 Å². The Morgan fingerprint density at radius 2 is 1.75 bits per heavy atom. The van der Waals surface area contributed by atoms with E-state index >= 15 is 0 Å². The second-order valence-corrected chi connectivity index (χ2v) is 8.25. The molecule has 0 aliphatic carbocycles. The molecule has 16 heteroatoms. The smallest absolute Gasteiger partial charge is 0.302 e. The van der Waals surface area contributed by atoms with E-state index in [0.29, 0.717) is 0 Å². The molecule has 1 rings (SSSR count). The normalized spacial score (nSPS) is 13.7. The fourth-order valence-electron chi connectivity index (χ4n) is 0.673. The van der Waals surface area contributed by atoms with Crippen molar-refractivity contribution in [3.63, 3.8) is 0 Å². The Morgan fingerprint density at radius 1 is 1.30 bits per heavy atom. The molecule has 1 N–H and O–H groups in total. The van der Waals surface area contributed by atoms with Gasteiger partial charge in [0.1, 0.15) is 0 Å². The van der Waals surface area contributed by atoms with Crippen molar-refractivity contribution in [3.8, 4) is 0 Å². The van der Waals surface area contributed by atoms with Crippen molar-refractivity contribution in [2.24, 2.45) is 0 Å². The first kappa shape index (κ1) is 20.1.